The van der Waals surface area contributed by atoms with E-state index in [1.807, 2.05) is 36.1 Å². The average Bonchev–Trinajstić information content (AvgIpc) is 3.46. The topological polar surface area (TPSA) is 140 Å². The summed E-state index contributed by atoms with van der Waals surface area (Å²) in [4.78, 5) is 26.6. The molecule has 1 aliphatic rings. The molecule has 0 spiro atoms. The van der Waals surface area contributed by atoms with Gasteiger partial charge in [0.25, 0.3) is 11.6 Å². The maximum Gasteiger partial charge on any atom is 0.293 e. The van der Waals surface area contributed by atoms with Crippen molar-refractivity contribution in [2.45, 2.75) is 6.92 Å². The van der Waals surface area contributed by atoms with Crippen molar-refractivity contribution in [3.8, 4) is 10.6 Å². The molecule has 2 N–H and O–H groups in total. The molecule has 0 aliphatic carbocycles. The third-order valence-electron chi connectivity index (χ3n) is 5.57. The second kappa shape index (κ2) is 9.93. The largest absolute Gasteiger partial charge is 0.378 e. The number of anilines is 2. The molecular weight excluding hydrogens is 504 g/mol. The Morgan fingerprint density at radius 2 is 1.97 bits per heavy atom. The third kappa shape index (κ3) is 4.73. The number of rotatable bonds is 5. The molecule has 4 aromatic rings. The molecule has 2 aromatic heterocycles. The number of nitro groups is 1. The summed E-state index contributed by atoms with van der Waals surface area (Å²) in [6.07, 6.45) is 0. The van der Waals surface area contributed by atoms with E-state index in [1.54, 1.807) is 16.6 Å². The summed E-state index contributed by atoms with van der Waals surface area (Å²) in [6.45, 7) is 3.88. The lowest BCUT2D eigenvalue weighted by molar-refractivity contribution is -0.384. The first-order valence-electron chi connectivity index (χ1n) is 10.9. The van der Waals surface area contributed by atoms with Crippen molar-refractivity contribution in [2.75, 3.05) is 36.5 Å². The van der Waals surface area contributed by atoms with Crippen molar-refractivity contribution >= 4 is 56.6 Å². The van der Waals surface area contributed by atoms with Gasteiger partial charge in [-0.05, 0) is 43.4 Å². The summed E-state index contributed by atoms with van der Waals surface area (Å²) in [6, 6.07) is 11.8. The number of morpholine rings is 1. The Balaban J connectivity index is 1.32. The number of thiocarbonyl (C=S) groups is 1. The zero-order valence-electron chi connectivity index (χ0n) is 19.0. The van der Waals surface area contributed by atoms with Gasteiger partial charge in [-0.25, -0.2) is 0 Å². The SMILES string of the molecule is Cc1nnc2sc(-c3ccccc3NC(=S)NC(=O)c3ccc(N4CCOCC4)c([N+](=O)[O-])c3)nn12. The minimum absolute atomic E-state index is 0.0477. The Hall–Kier alpha value is -4.01. The monoisotopic (exact) mass is 524 g/mol. The van der Waals surface area contributed by atoms with Crippen LogP contribution >= 0.6 is 23.6 Å². The normalized spacial score (nSPS) is 13.5. The van der Waals surface area contributed by atoms with Gasteiger partial charge in [-0.1, -0.05) is 23.5 Å². The number of carbonyl (C=O) groups excluding carboxylic acids is 1. The van der Waals surface area contributed by atoms with Crippen molar-refractivity contribution < 1.29 is 14.5 Å². The van der Waals surface area contributed by atoms with Crippen LogP contribution in [0.5, 0.6) is 0 Å². The standard InChI is InChI=1S/C22H20N8O4S2/c1-13-25-26-22-29(13)27-20(36-22)15-4-2-3-5-16(15)23-21(35)24-19(31)14-6-7-17(18(12-14)30(32)33)28-8-10-34-11-9-28/h2-7,12H,8-11H2,1H3,(H2,23,24,31,35). The smallest absolute Gasteiger partial charge is 0.293 e. The predicted molar refractivity (Wildman–Crippen MR) is 139 cm³/mol. The lowest BCUT2D eigenvalue weighted by atomic mass is 10.1. The zero-order chi connectivity index (χ0) is 25.2. The highest BCUT2D eigenvalue weighted by molar-refractivity contribution is 7.80. The van der Waals surface area contributed by atoms with Crippen LogP contribution in [0.1, 0.15) is 16.2 Å². The van der Waals surface area contributed by atoms with Crippen LogP contribution in [0, 0.1) is 17.0 Å². The fourth-order valence-corrected chi connectivity index (χ4v) is 4.94. The molecule has 0 atom stereocenters. The third-order valence-corrected chi connectivity index (χ3v) is 6.70. The van der Waals surface area contributed by atoms with Crippen molar-refractivity contribution in [1.29, 1.82) is 0 Å². The molecule has 0 unspecified atom stereocenters. The molecule has 14 heteroatoms. The maximum atomic E-state index is 12.9. The fraction of sp³-hybridized carbons (Fsp3) is 0.227. The Morgan fingerprint density at radius 1 is 1.19 bits per heavy atom. The highest BCUT2D eigenvalue weighted by atomic mass is 32.1. The van der Waals surface area contributed by atoms with Gasteiger partial charge in [-0.3, -0.25) is 20.2 Å². The molecule has 3 heterocycles. The molecule has 1 saturated heterocycles. The number of fused-ring (bicyclic) bond motifs is 1. The van der Waals surface area contributed by atoms with Crippen LogP contribution in [-0.2, 0) is 4.74 Å². The van der Waals surface area contributed by atoms with Crippen LogP contribution in [0.25, 0.3) is 15.5 Å². The number of hydrogen-bond acceptors (Lipinski definition) is 10. The van der Waals surface area contributed by atoms with Gasteiger partial charge in [-0.2, -0.15) is 9.61 Å². The number of para-hydroxylation sites is 1. The van der Waals surface area contributed by atoms with Crippen molar-refractivity contribution in [2.24, 2.45) is 0 Å². The van der Waals surface area contributed by atoms with Gasteiger partial charge in [0, 0.05) is 30.3 Å². The highest BCUT2D eigenvalue weighted by Crippen LogP contribution is 2.32. The van der Waals surface area contributed by atoms with Crippen LogP contribution in [0.3, 0.4) is 0 Å². The highest BCUT2D eigenvalue weighted by Gasteiger charge is 2.24. The Bertz CT molecular complexity index is 1480. The van der Waals surface area contributed by atoms with Gasteiger partial charge >= 0.3 is 0 Å². The van der Waals surface area contributed by atoms with Gasteiger partial charge in [0.2, 0.25) is 4.96 Å². The number of benzene rings is 2. The summed E-state index contributed by atoms with van der Waals surface area (Å²) in [5.74, 6) is 0.116. The number of nitrogens with zero attached hydrogens (tertiary/aromatic N) is 6. The van der Waals surface area contributed by atoms with Crippen molar-refractivity contribution in [1.82, 2.24) is 25.1 Å². The van der Waals surface area contributed by atoms with Gasteiger partial charge in [0.1, 0.15) is 10.7 Å². The van der Waals surface area contributed by atoms with Crippen LogP contribution in [0.15, 0.2) is 42.5 Å². The zero-order valence-corrected chi connectivity index (χ0v) is 20.6. The van der Waals surface area contributed by atoms with E-state index in [0.29, 0.717) is 53.5 Å². The first-order chi connectivity index (χ1) is 17.4. The number of nitro benzene ring substituents is 1. The first kappa shape index (κ1) is 23.7. The van der Waals surface area contributed by atoms with E-state index in [9.17, 15) is 14.9 Å². The summed E-state index contributed by atoms with van der Waals surface area (Å²) >= 11 is 6.73. The van der Waals surface area contributed by atoms with Gasteiger partial charge < -0.3 is 15.0 Å². The summed E-state index contributed by atoms with van der Waals surface area (Å²) in [5, 5.41) is 30.7. The molecule has 1 aliphatic heterocycles. The quantitative estimate of drug-likeness (QED) is 0.227. The second-order valence-electron chi connectivity index (χ2n) is 7.86. The summed E-state index contributed by atoms with van der Waals surface area (Å²) in [7, 11) is 0. The van der Waals surface area contributed by atoms with Crippen LogP contribution in [-0.4, -0.2) is 62.1 Å². The van der Waals surface area contributed by atoms with E-state index in [1.165, 1.54) is 17.4 Å². The van der Waals surface area contributed by atoms with Crippen molar-refractivity contribution in [3.05, 3.63) is 64.0 Å². The van der Waals surface area contributed by atoms with Gasteiger partial charge in [-0.15, -0.1) is 10.2 Å². The number of nitrogens with one attached hydrogen (secondary N) is 2. The number of hydrogen-bond donors (Lipinski definition) is 2. The minimum Gasteiger partial charge on any atom is -0.378 e. The molecule has 1 fully saturated rings. The van der Waals surface area contributed by atoms with E-state index in [-0.39, 0.29) is 16.4 Å². The molecule has 184 valence electrons. The van der Waals surface area contributed by atoms with Crippen LogP contribution < -0.4 is 15.5 Å². The molecule has 5 rings (SSSR count). The lowest BCUT2D eigenvalue weighted by Crippen LogP contribution is -2.37. The average molecular weight is 525 g/mol. The van der Waals surface area contributed by atoms with Crippen molar-refractivity contribution in [3.63, 3.8) is 0 Å². The van der Waals surface area contributed by atoms with E-state index >= 15 is 0 Å². The lowest BCUT2D eigenvalue weighted by Gasteiger charge is -2.28. The number of carbonyl (C=O) groups is 1. The molecule has 2 aromatic carbocycles. The first-order valence-corrected chi connectivity index (χ1v) is 12.1. The van der Waals surface area contributed by atoms with Gasteiger partial charge in [0.05, 0.1) is 23.8 Å². The summed E-state index contributed by atoms with van der Waals surface area (Å²) < 4.78 is 6.98. The van der Waals surface area contributed by atoms with E-state index in [4.69, 9.17) is 17.0 Å². The number of amides is 1. The molecule has 36 heavy (non-hydrogen) atoms. The Labute approximate surface area is 214 Å². The van der Waals surface area contributed by atoms with E-state index in [2.05, 4.69) is 25.9 Å². The number of ether oxygens (including phenoxy) is 1. The number of aryl methyl sites for hydroxylation is 1. The molecule has 12 nitrogen and oxygen atoms in total. The number of aromatic nitrogens is 4. The fourth-order valence-electron chi connectivity index (χ4n) is 3.81. The Kier molecular flexibility index (Phi) is 6.54. The molecule has 1 amide bonds. The molecule has 0 radical (unpaired) electrons. The minimum atomic E-state index is -0.559. The summed E-state index contributed by atoms with van der Waals surface area (Å²) in [5.41, 5.74) is 1.84. The predicted octanol–water partition coefficient (Wildman–Crippen LogP) is 3.03. The Morgan fingerprint density at radius 3 is 2.72 bits per heavy atom. The maximum absolute atomic E-state index is 12.9. The second-order valence-corrected chi connectivity index (χ2v) is 9.23. The van der Waals surface area contributed by atoms with E-state index in [0.717, 1.165) is 5.56 Å². The van der Waals surface area contributed by atoms with Gasteiger partial charge in [0.15, 0.2) is 10.9 Å². The van der Waals surface area contributed by atoms with Crippen LogP contribution in [0.2, 0.25) is 0 Å². The molecule has 0 bridgehead atoms. The van der Waals surface area contributed by atoms with E-state index < -0.39 is 10.8 Å². The molecular formula is C22H20N8O4S2. The van der Waals surface area contributed by atoms with Crippen LogP contribution in [0.4, 0.5) is 17.1 Å². The molecule has 0 saturated carbocycles.